The zero-order valence-corrected chi connectivity index (χ0v) is 26.1. The third-order valence-electron chi connectivity index (χ3n) is 7.48. The molecule has 0 aliphatic carbocycles. The molecule has 15 nitrogen and oxygen atoms in total. The predicted octanol–water partition coefficient (Wildman–Crippen LogP) is 0.615. The molecule has 1 amide bonds. The van der Waals surface area contributed by atoms with Gasteiger partial charge in [0.25, 0.3) is 5.79 Å². The van der Waals surface area contributed by atoms with Crippen LogP contribution in [0.4, 0.5) is 13.2 Å². The second-order valence-electron chi connectivity index (χ2n) is 11.0. The average Bonchev–Trinajstić information content (AvgIpc) is 3.51. The quantitative estimate of drug-likeness (QED) is 0.127. The highest BCUT2D eigenvalue weighted by Crippen LogP contribution is 2.34. The summed E-state index contributed by atoms with van der Waals surface area (Å²) in [5.74, 6) is -5.16. The number of aryl methyl sites for hydroxylation is 1. The van der Waals surface area contributed by atoms with Crippen LogP contribution in [0.1, 0.15) is 19.8 Å². The van der Waals surface area contributed by atoms with Crippen LogP contribution in [0.3, 0.4) is 0 Å². The number of nitrogens with one attached hydrogen (secondary N) is 2. The highest BCUT2D eigenvalue weighted by Gasteiger charge is 2.56. The van der Waals surface area contributed by atoms with Gasteiger partial charge < -0.3 is 35.2 Å². The Balaban J connectivity index is 1.40. The Morgan fingerprint density at radius 3 is 2.33 bits per heavy atom. The fourth-order valence-corrected chi connectivity index (χ4v) is 5.59. The summed E-state index contributed by atoms with van der Waals surface area (Å²) in [5, 5.41) is 52.3. The molecule has 0 bridgehead atoms. The van der Waals surface area contributed by atoms with Crippen LogP contribution in [-0.2, 0) is 35.6 Å². The third kappa shape index (κ3) is 8.73. The first-order valence-corrected chi connectivity index (χ1v) is 16.0. The zero-order chi connectivity index (χ0) is 35.3. The van der Waals surface area contributed by atoms with Crippen molar-refractivity contribution in [1.82, 2.24) is 25.0 Å². The van der Waals surface area contributed by atoms with Crippen molar-refractivity contribution >= 4 is 21.9 Å². The van der Waals surface area contributed by atoms with E-state index in [1.807, 2.05) is 54.6 Å². The Hall–Kier alpha value is -3.98. The first-order chi connectivity index (χ1) is 22.5. The number of nitrogens with zero attached hydrogens (tertiary/aromatic N) is 3. The number of benzene rings is 2. The van der Waals surface area contributed by atoms with E-state index in [2.05, 4.69) is 15.6 Å². The Labute approximate surface area is 272 Å². The molecule has 3 aromatic rings. The Kier molecular flexibility index (Phi) is 11.6. The summed E-state index contributed by atoms with van der Waals surface area (Å²) in [6, 6.07) is 15.9. The van der Waals surface area contributed by atoms with E-state index in [-0.39, 0.29) is 19.6 Å². The van der Waals surface area contributed by atoms with Crippen molar-refractivity contribution in [3.05, 3.63) is 60.8 Å². The normalized spacial score (nSPS) is 22.9. The number of aliphatic hydroxyl groups excluding tert-OH is 3. The van der Waals surface area contributed by atoms with Crippen LogP contribution in [-0.4, -0.2) is 111 Å². The molecule has 6 atom stereocenters. The van der Waals surface area contributed by atoms with Crippen molar-refractivity contribution in [2.24, 2.45) is 0 Å². The number of amides is 1. The lowest BCUT2D eigenvalue weighted by atomic mass is 9.88. The second-order valence-corrected chi connectivity index (χ2v) is 12.8. The van der Waals surface area contributed by atoms with Gasteiger partial charge in [-0.15, -0.1) is 5.10 Å². The summed E-state index contributed by atoms with van der Waals surface area (Å²) >= 11 is 0. The Bertz CT molecular complexity index is 1660. The number of ether oxygens (including phenoxy) is 2. The first kappa shape index (κ1) is 36.8. The van der Waals surface area contributed by atoms with Gasteiger partial charge in [0, 0.05) is 32.0 Å². The maximum absolute atomic E-state index is 12.7. The van der Waals surface area contributed by atoms with Gasteiger partial charge in [0.05, 0.1) is 31.1 Å². The molecular formula is C29H34F3N5O10S. The van der Waals surface area contributed by atoms with Crippen LogP contribution < -0.4 is 10.0 Å². The molecule has 6 N–H and O–H groups in total. The molecule has 1 aromatic heterocycles. The molecule has 262 valence electrons. The summed E-state index contributed by atoms with van der Waals surface area (Å²) in [7, 11) is -5.91. The van der Waals surface area contributed by atoms with Crippen LogP contribution in [0.5, 0.6) is 0 Å². The van der Waals surface area contributed by atoms with E-state index in [0.29, 0.717) is 5.69 Å². The molecule has 4 rings (SSSR count). The highest BCUT2D eigenvalue weighted by atomic mass is 32.2. The fourth-order valence-electron chi connectivity index (χ4n) is 5.03. The molecule has 2 aromatic carbocycles. The van der Waals surface area contributed by atoms with Crippen LogP contribution in [0.15, 0.2) is 60.8 Å². The number of carboxylic acids is 1. The maximum atomic E-state index is 12.7. The van der Waals surface area contributed by atoms with Gasteiger partial charge in [0.15, 0.2) is 0 Å². The first-order valence-electron chi connectivity index (χ1n) is 14.5. The van der Waals surface area contributed by atoms with Crippen LogP contribution in [0, 0.1) is 0 Å². The molecule has 48 heavy (non-hydrogen) atoms. The van der Waals surface area contributed by atoms with Crippen molar-refractivity contribution in [3.8, 4) is 22.4 Å². The number of aromatic nitrogens is 3. The van der Waals surface area contributed by atoms with Gasteiger partial charge >= 0.3 is 21.5 Å². The minimum absolute atomic E-state index is 0.147. The standard InChI is InChI=1S/C29H34F3N5O10S/c1-17(38)34-24-22(39)14-28(27(42)43,47-26(24)25(41)23(40)15-33-48(44,45)29(30,31)32)46-13-5-12-37-16-21(35-36-37)20-10-8-19(9-11-20)18-6-3-2-4-7-18/h2-4,6-11,16,22-26,33,39-41H,5,12-15H2,1H3,(H,34,38)(H,42,43)/t22-,23+,24+,25+,26+,28+/m0/s1. The van der Waals surface area contributed by atoms with E-state index >= 15 is 0 Å². The SMILES string of the molecule is CC(=O)N[C@H]1[C@H]([C@H](O)[C@H](O)CNS(=O)(=O)C(F)(F)F)O[C@@](OCCCn2cc(-c3ccc(-c4ccccc4)cc3)nn2)(C(=O)O)C[C@@H]1O. The van der Waals surface area contributed by atoms with Gasteiger partial charge in [-0.25, -0.2) is 17.9 Å². The summed E-state index contributed by atoms with van der Waals surface area (Å²) in [6.45, 7) is -0.452. The minimum atomic E-state index is -5.91. The summed E-state index contributed by atoms with van der Waals surface area (Å²) < 4.78 is 74.4. The van der Waals surface area contributed by atoms with E-state index in [1.165, 1.54) is 4.68 Å². The lowest BCUT2D eigenvalue weighted by molar-refractivity contribution is -0.310. The summed E-state index contributed by atoms with van der Waals surface area (Å²) in [6.07, 6.45) is -7.31. The number of halogens is 3. The number of hydrogen-bond acceptors (Lipinski definition) is 11. The lowest BCUT2D eigenvalue weighted by Gasteiger charge is -2.46. The molecular weight excluding hydrogens is 667 g/mol. The molecule has 0 radical (unpaired) electrons. The number of rotatable bonds is 14. The predicted molar refractivity (Wildman–Crippen MR) is 160 cm³/mol. The number of carboxylic acid groups (broad SMARTS) is 1. The molecule has 19 heteroatoms. The summed E-state index contributed by atoms with van der Waals surface area (Å²) in [4.78, 5) is 24.1. The molecule has 1 aliphatic heterocycles. The number of hydrogen-bond donors (Lipinski definition) is 6. The lowest BCUT2D eigenvalue weighted by Crippen LogP contribution is -2.68. The zero-order valence-electron chi connectivity index (χ0n) is 25.3. The summed E-state index contributed by atoms with van der Waals surface area (Å²) in [5.41, 5.74) is -2.27. The fraction of sp³-hybridized carbons (Fsp3) is 0.448. The van der Waals surface area contributed by atoms with E-state index < -0.39 is 76.6 Å². The number of aliphatic hydroxyl groups is 3. The smallest absolute Gasteiger partial charge is 0.477 e. The van der Waals surface area contributed by atoms with Crippen molar-refractivity contribution in [2.45, 2.75) is 68.1 Å². The minimum Gasteiger partial charge on any atom is -0.477 e. The largest absolute Gasteiger partial charge is 0.511 e. The molecule has 1 fully saturated rings. The number of carbonyl (C=O) groups excluding carboxylic acids is 1. The van der Waals surface area contributed by atoms with Crippen LogP contribution in [0.2, 0.25) is 0 Å². The number of aliphatic carboxylic acids is 1. The number of sulfonamides is 1. The van der Waals surface area contributed by atoms with E-state index in [1.54, 1.807) is 6.20 Å². The molecule has 0 saturated carbocycles. The van der Waals surface area contributed by atoms with Gasteiger partial charge in [0.1, 0.15) is 17.9 Å². The number of alkyl halides is 3. The molecule has 1 saturated heterocycles. The molecule has 0 unspecified atom stereocenters. The van der Waals surface area contributed by atoms with E-state index in [9.17, 15) is 51.6 Å². The topological polar surface area (TPSA) is 222 Å². The van der Waals surface area contributed by atoms with Gasteiger partial charge in [0.2, 0.25) is 5.91 Å². The van der Waals surface area contributed by atoms with Crippen molar-refractivity contribution in [1.29, 1.82) is 0 Å². The molecule has 2 heterocycles. The average molecular weight is 702 g/mol. The van der Waals surface area contributed by atoms with Gasteiger partial charge in [-0.1, -0.05) is 59.8 Å². The van der Waals surface area contributed by atoms with Crippen molar-refractivity contribution in [2.75, 3.05) is 13.2 Å². The second kappa shape index (κ2) is 15.1. The van der Waals surface area contributed by atoms with Crippen molar-refractivity contribution in [3.63, 3.8) is 0 Å². The van der Waals surface area contributed by atoms with Crippen molar-refractivity contribution < 1.29 is 61.1 Å². The van der Waals surface area contributed by atoms with Gasteiger partial charge in [-0.3, -0.25) is 9.48 Å². The Morgan fingerprint density at radius 1 is 1.10 bits per heavy atom. The highest BCUT2D eigenvalue weighted by molar-refractivity contribution is 7.90. The maximum Gasteiger partial charge on any atom is 0.511 e. The van der Waals surface area contributed by atoms with Gasteiger partial charge in [-0.05, 0) is 17.5 Å². The van der Waals surface area contributed by atoms with Crippen LogP contribution >= 0.6 is 0 Å². The molecule has 1 aliphatic rings. The number of carbonyl (C=O) groups is 2. The van der Waals surface area contributed by atoms with E-state index in [0.717, 1.165) is 28.3 Å². The molecule has 0 spiro atoms. The third-order valence-corrected chi connectivity index (χ3v) is 8.64. The van der Waals surface area contributed by atoms with E-state index in [4.69, 9.17) is 9.47 Å². The van der Waals surface area contributed by atoms with Crippen LogP contribution in [0.25, 0.3) is 22.4 Å². The Morgan fingerprint density at radius 2 is 1.73 bits per heavy atom. The van der Waals surface area contributed by atoms with Gasteiger partial charge in [-0.2, -0.15) is 13.2 Å². The monoisotopic (exact) mass is 701 g/mol.